The molecule has 0 aliphatic heterocycles. The van der Waals surface area contributed by atoms with Crippen LogP contribution in [-0.2, 0) is 11.3 Å². The maximum Gasteiger partial charge on any atom is 0.514 e. The van der Waals surface area contributed by atoms with Crippen LogP contribution in [0, 0.1) is 6.92 Å². The molecule has 3 heteroatoms. The first-order valence-corrected chi connectivity index (χ1v) is 5.69. The van der Waals surface area contributed by atoms with Gasteiger partial charge in [-0.1, -0.05) is 48.0 Å². The molecule has 0 saturated carbocycles. The standard InChI is InChI=1S/C15H14O3/c1-12-7-9-14(10-8-12)18-15(16)17-11-13-5-3-2-4-6-13/h2-10H,11H2,1H3. The zero-order chi connectivity index (χ0) is 12.8. The highest BCUT2D eigenvalue weighted by Crippen LogP contribution is 2.12. The number of benzene rings is 2. The first kappa shape index (κ1) is 12.2. The molecule has 18 heavy (non-hydrogen) atoms. The lowest BCUT2D eigenvalue weighted by molar-refractivity contribution is 0.0928. The number of hydrogen-bond acceptors (Lipinski definition) is 3. The highest BCUT2D eigenvalue weighted by molar-refractivity contribution is 5.63. The average Bonchev–Trinajstić information content (AvgIpc) is 2.40. The van der Waals surface area contributed by atoms with Crippen molar-refractivity contribution < 1.29 is 14.3 Å². The Morgan fingerprint density at radius 2 is 1.67 bits per heavy atom. The van der Waals surface area contributed by atoms with Gasteiger partial charge in [-0.15, -0.1) is 0 Å². The van der Waals surface area contributed by atoms with E-state index in [4.69, 9.17) is 9.47 Å². The molecule has 0 saturated heterocycles. The topological polar surface area (TPSA) is 35.5 Å². The molecule has 0 radical (unpaired) electrons. The Labute approximate surface area is 106 Å². The molecule has 2 rings (SSSR count). The maximum absolute atomic E-state index is 11.4. The van der Waals surface area contributed by atoms with Crippen molar-refractivity contribution in [3.8, 4) is 5.75 Å². The summed E-state index contributed by atoms with van der Waals surface area (Å²) in [4.78, 5) is 11.4. The molecule has 92 valence electrons. The molecule has 0 amide bonds. The fourth-order valence-corrected chi connectivity index (χ4v) is 1.45. The highest BCUT2D eigenvalue weighted by atomic mass is 16.7. The van der Waals surface area contributed by atoms with Gasteiger partial charge in [-0.05, 0) is 24.6 Å². The number of ether oxygens (including phenoxy) is 2. The van der Waals surface area contributed by atoms with Gasteiger partial charge in [0, 0.05) is 0 Å². The zero-order valence-electron chi connectivity index (χ0n) is 10.1. The fraction of sp³-hybridized carbons (Fsp3) is 0.133. The van der Waals surface area contributed by atoms with E-state index in [1.54, 1.807) is 12.1 Å². The Hall–Kier alpha value is -2.29. The van der Waals surface area contributed by atoms with Crippen molar-refractivity contribution in [2.24, 2.45) is 0 Å². The van der Waals surface area contributed by atoms with Crippen LogP contribution in [0.15, 0.2) is 54.6 Å². The van der Waals surface area contributed by atoms with Gasteiger partial charge < -0.3 is 9.47 Å². The number of carbonyl (C=O) groups is 1. The third-order valence-electron chi connectivity index (χ3n) is 2.42. The Balaban J connectivity index is 1.84. The lowest BCUT2D eigenvalue weighted by atomic mass is 10.2. The van der Waals surface area contributed by atoms with Crippen molar-refractivity contribution in [2.75, 3.05) is 0 Å². The van der Waals surface area contributed by atoms with E-state index in [9.17, 15) is 4.79 Å². The summed E-state index contributed by atoms with van der Waals surface area (Å²) in [5.41, 5.74) is 2.04. The molecule has 0 aliphatic carbocycles. The molecular formula is C15H14O3. The molecule has 2 aromatic carbocycles. The van der Waals surface area contributed by atoms with Gasteiger partial charge in [0.25, 0.3) is 0 Å². The van der Waals surface area contributed by atoms with Crippen molar-refractivity contribution in [1.82, 2.24) is 0 Å². The third-order valence-corrected chi connectivity index (χ3v) is 2.42. The summed E-state index contributed by atoms with van der Waals surface area (Å²) in [7, 11) is 0. The summed E-state index contributed by atoms with van der Waals surface area (Å²) < 4.78 is 10.0. The van der Waals surface area contributed by atoms with Crippen LogP contribution < -0.4 is 4.74 Å². The lowest BCUT2D eigenvalue weighted by Crippen LogP contribution is -2.10. The predicted octanol–water partition coefficient (Wildman–Crippen LogP) is 3.71. The first-order chi connectivity index (χ1) is 8.74. The quantitative estimate of drug-likeness (QED) is 0.608. The molecule has 0 N–H and O–H groups in total. The molecule has 0 fully saturated rings. The van der Waals surface area contributed by atoms with Gasteiger partial charge in [0.2, 0.25) is 0 Å². The van der Waals surface area contributed by atoms with Gasteiger partial charge in [0.15, 0.2) is 0 Å². The second-order valence-corrected chi connectivity index (χ2v) is 3.94. The second-order valence-electron chi connectivity index (χ2n) is 3.94. The lowest BCUT2D eigenvalue weighted by Gasteiger charge is -2.06. The maximum atomic E-state index is 11.4. The summed E-state index contributed by atoms with van der Waals surface area (Å²) >= 11 is 0. The van der Waals surface area contributed by atoms with Gasteiger partial charge >= 0.3 is 6.16 Å². The molecule has 0 aliphatic rings. The van der Waals surface area contributed by atoms with Gasteiger partial charge in [0.05, 0.1) is 0 Å². The van der Waals surface area contributed by atoms with Crippen LogP contribution in [0.3, 0.4) is 0 Å². The van der Waals surface area contributed by atoms with Crippen LogP contribution in [-0.4, -0.2) is 6.16 Å². The van der Waals surface area contributed by atoms with Gasteiger partial charge in [0.1, 0.15) is 12.4 Å². The third kappa shape index (κ3) is 3.63. The minimum Gasteiger partial charge on any atom is -0.429 e. The zero-order valence-corrected chi connectivity index (χ0v) is 10.1. The van der Waals surface area contributed by atoms with E-state index in [1.807, 2.05) is 49.4 Å². The van der Waals surface area contributed by atoms with E-state index >= 15 is 0 Å². The number of hydrogen-bond donors (Lipinski definition) is 0. The molecule has 0 spiro atoms. The first-order valence-electron chi connectivity index (χ1n) is 5.69. The molecular weight excluding hydrogens is 228 g/mol. The number of aryl methyl sites for hydroxylation is 1. The minimum absolute atomic E-state index is 0.214. The van der Waals surface area contributed by atoms with Crippen LogP contribution in [0.1, 0.15) is 11.1 Å². The van der Waals surface area contributed by atoms with Gasteiger partial charge in [-0.25, -0.2) is 4.79 Å². The minimum atomic E-state index is -0.692. The number of rotatable bonds is 3. The van der Waals surface area contributed by atoms with Crippen LogP contribution in [0.4, 0.5) is 4.79 Å². The number of carbonyl (C=O) groups excluding carboxylic acids is 1. The Morgan fingerprint density at radius 3 is 2.33 bits per heavy atom. The van der Waals surface area contributed by atoms with Crippen molar-refractivity contribution >= 4 is 6.16 Å². The Kier molecular flexibility index (Phi) is 3.97. The normalized spacial score (nSPS) is 9.83. The monoisotopic (exact) mass is 242 g/mol. The Morgan fingerprint density at radius 1 is 1.00 bits per heavy atom. The van der Waals surface area contributed by atoms with Crippen LogP contribution in [0.2, 0.25) is 0 Å². The summed E-state index contributed by atoms with van der Waals surface area (Å²) in [6.45, 7) is 2.18. The molecule has 0 unspecified atom stereocenters. The SMILES string of the molecule is Cc1ccc(OC(=O)OCc2ccccc2)cc1. The molecule has 0 bridgehead atoms. The van der Waals surface area contributed by atoms with E-state index in [-0.39, 0.29) is 6.61 Å². The van der Waals surface area contributed by atoms with Gasteiger partial charge in [-0.3, -0.25) is 0 Å². The summed E-state index contributed by atoms with van der Waals surface area (Å²) in [5, 5.41) is 0. The second kappa shape index (κ2) is 5.87. The van der Waals surface area contributed by atoms with E-state index in [0.717, 1.165) is 11.1 Å². The predicted molar refractivity (Wildman–Crippen MR) is 68.4 cm³/mol. The molecule has 0 heterocycles. The van der Waals surface area contributed by atoms with Crippen molar-refractivity contribution in [2.45, 2.75) is 13.5 Å². The van der Waals surface area contributed by atoms with E-state index < -0.39 is 6.16 Å². The smallest absolute Gasteiger partial charge is 0.429 e. The summed E-state index contributed by atoms with van der Waals surface area (Å²) in [6, 6.07) is 16.7. The van der Waals surface area contributed by atoms with E-state index in [2.05, 4.69) is 0 Å². The van der Waals surface area contributed by atoms with Crippen molar-refractivity contribution in [3.63, 3.8) is 0 Å². The fourth-order valence-electron chi connectivity index (χ4n) is 1.45. The van der Waals surface area contributed by atoms with Gasteiger partial charge in [-0.2, -0.15) is 0 Å². The summed E-state index contributed by atoms with van der Waals surface area (Å²) in [6.07, 6.45) is -0.692. The molecule has 2 aromatic rings. The molecule has 0 aromatic heterocycles. The molecule has 0 atom stereocenters. The van der Waals surface area contributed by atoms with Crippen LogP contribution >= 0.6 is 0 Å². The van der Waals surface area contributed by atoms with Crippen molar-refractivity contribution in [1.29, 1.82) is 0 Å². The van der Waals surface area contributed by atoms with E-state index in [0.29, 0.717) is 5.75 Å². The van der Waals surface area contributed by atoms with Crippen LogP contribution in [0.25, 0.3) is 0 Å². The van der Waals surface area contributed by atoms with Crippen LogP contribution in [0.5, 0.6) is 5.75 Å². The molecule has 3 nitrogen and oxygen atoms in total. The summed E-state index contributed by atoms with van der Waals surface area (Å²) in [5.74, 6) is 0.485. The van der Waals surface area contributed by atoms with E-state index in [1.165, 1.54) is 0 Å². The Bertz CT molecular complexity index is 503. The average molecular weight is 242 g/mol. The highest BCUT2D eigenvalue weighted by Gasteiger charge is 2.05. The largest absolute Gasteiger partial charge is 0.514 e. The van der Waals surface area contributed by atoms with Crippen molar-refractivity contribution in [3.05, 3.63) is 65.7 Å².